The first-order valence-electron chi connectivity index (χ1n) is 9.66. The van der Waals surface area contributed by atoms with Gasteiger partial charge in [-0.05, 0) is 50.1 Å². The molecule has 2 aromatic carbocycles. The van der Waals surface area contributed by atoms with E-state index in [1.54, 1.807) is 31.4 Å². The van der Waals surface area contributed by atoms with Crippen molar-refractivity contribution >= 4 is 16.0 Å². The molecule has 0 heterocycles. The van der Waals surface area contributed by atoms with E-state index in [4.69, 9.17) is 4.74 Å². The van der Waals surface area contributed by atoms with E-state index in [-0.39, 0.29) is 11.4 Å². The summed E-state index contributed by atoms with van der Waals surface area (Å²) in [5.41, 5.74) is 2.21. The molecule has 0 radical (unpaired) electrons. The Bertz CT molecular complexity index is 879. The van der Waals surface area contributed by atoms with Crippen molar-refractivity contribution in [3.8, 4) is 5.75 Å². The summed E-state index contributed by atoms with van der Waals surface area (Å²) in [5, 5.41) is 6.43. The Labute approximate surface area is 173 Å². The van der Waals surface area contributed by atoms with Crippen LogP contribution in [0.2, 0.25) is 0 Å². The van der Waals surface area contributed by atoms with Crippen molar-refractivity contribution < 1.29 is 13.2 Å². The summed E-state index contributed by atoms with van der Waals surface area (Å²) in [6.07, 6.45) is 0.842. The van der Waals surface area contributed by atoms with Gasteiger partial charge in [-0.1, -0.05) is 29.8 Å². The fourth-order valence-corrected chi connectivity index (χ4v) is 3.63. The van der Waals surface area contributed by atoms with Crippen LogP contribution < -0.4 is 20.1 Å². The highest BCUT2D eigenvalue weighted by Gasteiger charge is 2.12. The minimum absolute atomic E-state index is 0.227. The molecule has 0 bridgehead atoms. The van der Waals surface area contributed by atoms with Gasteiger partial charge >= 0.3 is 0 Å². The zero-order valence-corrected chi connectivity index (χ0v) is 18.1. The zero-order chi connectivity index (χ0) is 21.1. The summed E-state index contributed by atoms with van der Waals surface area (Å²) in [4.78, 5) is 4.69. The number of nitrogens with one attached hydrogen (secondary N) is 3. The SMILES string of the molecule is CCNC(=NCCNS(=O)(=O)c1ccc(C)cc1)NCCc1ccc(OC)cc1. The molecule has 0 saturated carbocycles. The fraction of sp³-hybridized carbons (Fsp3) is 0.381. The molecule has 0 aliphatic heterocycles. The van der Waals surface area contributed by atoms with Gasteiger partial charge in [0.25, 0.3) is 0 Å². The molecule has 158 valence electrons. The van der Waals surface area contributed by atoms with E-state index in [2.05, 4.69) is 20.3 Å². The predicted molar refractivity (Wildman–Crippen MR) is 117 cm³/mol. The van der Waals surface area contributed by atoms with Gasteiger partial charge in [0.2, 0.25) is 10.0 Å². The van der Waals surface area contributed by atoms with Gasteiger partial charge in [0.1, 0.15) is 5.75 Å². The van der Waals surface area contributed by atoms with Crippen LogP contribution in [0.4, 0.5) is 0 Å². The Morgan fingerprint density at radius 2 is 1.69 bits per heavy atom. The Morgan fingerprint density at radius 1 is 1.00 bits per heavy atom. The number of hydrogen-bond donors (Lipinski definition) is 3. The van der Waals surface area contributed by atoms with Crippen molar-refractivity contribution in [2.24, 2.45) is 4.99 Å². The van der Waals surface area contributed by atoms with Crippen molar-refractivity contribution in [1.29, 1.82) is 0 Å². The average molecular weight is 419 g/mol. The Hall–Kier alpha value is -2.58. The van der Waals surface area contributed by atoms with Gasteiger partial charge < -0.3 is 15.4 Å². The van der Waals surface area contributed by atoms with Crippen LogP contribution in [-0.2, 0) is 16.4 Å². The van der Waals surface area contributed by atoms with Crippen LogP contribution in [-0.4, -0.2) is 47.7 Å². The van der Waals surface area contributed by atoms with Crippen molar-refractivity contribution in [3.05, 3.63) is 59.7 Å². The topological polar surface area (TPSA) is 91.8 Å². The molecule has 0 fully saturated rings. The number of hydrogen-bond acceptors (Lipinski definition) is 4. The van der Waals surface area contributed by atoms with Crippen LogP contribution in [0.15, 0.2) is 58.4 Å². The van der Waals surface area contributed by atoms with Crippen LogP contribution in [0.25, 0.3) is 0 Å². The molecular formula is C21H30N4O3S. The molecule has 0 aliphatic rings. The molecule has 0 unspecified atom stereocenters. The maximum atomic E-state index is 12.3. The number of nitrogens with zero attached hydrogens (tertiary/aromatic N) is 1. The lowest BCUT2D eigenvalue weighted by Crippen LogP contribution is -2.39. The molecule has 0 aliphatic carbocycles. The van der Waals surface area contributed by atoms with Crippen LogP contribution >= 0.6 is 0 Å². The molecule has 8 heteroatoms. The third-order valence-electron chi connectivity index (χ3n) is 4.21. The average Bonchev–Trinajstić information content (AvgIpc) is 2.72. The second-order valence-corrected chi connectivity index (χ2v) is 8.26. The second kappa shape index (κ2) is 11.4. The van der Waals surface area contributed by atoms with Crippen molar-refractivity contribution in [3.63, 3.8) is 0 Å². The zero-order valence-electron chi connectivity index (χ0n) is 17.2. The smallest absolute Gasteiger partial charge is 0.240 e. The number of ether oxygens (including phenoxy) is 1. The van der Waals surface area contributed by atoms with E-state index in [1.807, 2.05) is 38.1 Å². The minimum atomic E-state index is -3.52. The lowest BCUT2D eigenvalue weighted by atomic mass is 10.1. The maximum absolute atomic E-state index is 12.3. The minimum Gasteiger partial charge on any atom is -0.497 e. The fourth-order valence-electron chi connectivity index (χ4n) is 2.61. The standard InChI is InChI=1S/C21H30N4O3S/c1-4-22-21(23-14-13-18-7-9-19(28-3)10-8-18)24-15-16-25-29(26,27)20-11-5-17(2)6-12-20/h5-12,25H,4,13-16H2,1-3H3,(H2,22,23,24). The van der Waals surface area contributed by atoms with Crippen LogP contribution in [0.5, 0.6) is 5.75 Å². The van der Waals surface area contributed by atoms with Gasteiger partial charge in [-0.15, -0.1) is 0 Å². The summed E-state index contributed by atoms with van der Waals surface area (Å²) >= 11 is 0. The largest absolute Gasteiger partial charge is 0.497 e. The van der Waals surface area contributed by atoms with Crippen molar-refractivity contribution in [2.75, 3.05) is 33.3 Å². The number of guanidine groups is 1. The van der Waals surface area contributed by atoms with E-state index >= 15 is 0 Å². The molecule has 0 amide bonds. The number of sulfonamides is 1. The van der Waals surface area contributed by atoms with Crippen LogP contribution in [0.1, 0.15) is 18.1 Å². The van der Waals surface area contributed by atoms with Gasteiger partial charge in [-0.3, -0.25) is 4.99 Å². The van der Waals surface area contributed by atoms with Gasteiger partial charge in [-0.2, -0.15) is 0 Å². The van der Waals surface area contributed by atoms with Crippen molar-refractivity contribution in [2.45, 2.75) is 25.2 Å². The van der Waals surface area contributed by atoms with Gasteiger partial charge in [0.15, 0.2) is 5.96 Å². The van der Waals surface area contributed by atoms with Crippen LogP contribution in [0.3, 0.4) is 0 Å². The Kier molecular flexibility index (Phi) is 8.95. The van der Waals surface area contributed by atoms with Gasteiger partial charge in [-0.25, -0.2) is 13.1 Å². The highest BCUT2D eigenvalue weighted by molar-refractivity contribution is 7.89. The van der Waals surface area contributed by atoms with E-state index in [0.29, 0.717) is 19.0 Å². The van der Waals surface area contributed by atoms with E-state index in [0.717, 1.165) is 24.3 Å². The lowest BCUT2D eigenvalue weighted by molar-refractivity contribution is 0.414. The highest BCUT2D eigenvalue weighted by Crippen LogP contribution is 2.11. The summed E-state index contributed by atoms with van der Waals surface area (Å²) in [5.74, 6) is 1.50. The molecule has 0 aromatic heterocycles. The Morgan fingerprint density at radius 3 is 2.31 bits per heavy atom. The first-order chi connectivity index (χ1) is 13.9. The van der Waals surface area contributed by atoms with Crippen LogP contribution in [0, 0.1) is 6.92 Å². The molecule has 7 nitrogen and oxygen atoms in total. The van der Waals surface area contributed by atoms with E-state index in [1.165, 1.54) is 5.56 Å². The van der Waals surface area contributed by atoms with E-state index in [9.17, 15) is 8.42 Å². The third kappa shape index (κ3) is 7.75. The first-order valence-corrected chi connectivity index (χ1v) is 11.1. The molecule has 0 spiro atoms. The van der Waals surface area contributed by atoms with Gasteiger partial charge in [0, 0.05) is 19.6 Å². The second-order valence-electron chi connectivity index (χ2n) is 6.50. The molecule has 3 N–H and O–H groups in total. The Balaban J connectivity index is 1.80. The normalized spacial score (nSPS) is 11.9. The summed E-state index contributed by atoms with van der Waals surface area (Å²) in [6, 6.07) is 14.7. The number of rotatable bonds is 10. The third-order valence-corrected chi connectivity index (χ3v) is 5.69. The molecule has 0 saturated heterocycles. The van der Waals surface area contributed by atoms with Gasteiger partial charge in [0.05, 0.1) is 18.6 Å². The number of benzene rings is 2. The van der Waals surface area contributed by atoms with Crippen molar-refractivity contribution in [1.82, 2.24) is 15.4 Å². The number of aliphatic imine (C=N–C) groups is 1. The monoisotopic (exact) mass is 418 g/mol. The first kappa shape index (κ1) is 22.7. The van der Waals surface area contributed by atoms with E-state index < -0.39 is 10.0 Å². The molecule has 2 aromatic rings. The highest BCUT2D eigenvalue weighted by atomic mass is 32.2. The molecule has 0 atom stereocenters. The summed E-state index contributed by atoms with van der Waals surface area (Å²) in [7, 11) is -1.87. The lowest BCUT2D eigenvalue weighted by Gasteiger charge is -2.12. The predicted octanol–water partition coefficient (Wildman–Crippen LogP) is 2.08. The maximum Gasteiger partial charge on any atom is 0.240 e. The molecular weight excluding hydrogens is 388 g/mol. The number of methoxy groups -OCH3 is 1. The molecule has 2 rings (SSSR count). The quantitative estimate of drug-likeness (QED) is 0.312. The summed E-state index contributed by atoms with van der Waals surface area (Å²) < 4.78 is 32.3. The summed E-state index contributed by atoms with van der Waals surface area (Å²) in [6.45, 7) is 5.91. The molecule has 29 heavy (non-hydrogen) atoms. The number of aryl methyl sites for hydroxylation is 1.